The van der Waals surface area contributed by atoms with Crippen molar-refractivity contribution in [1.82, 2.24) is 5.32 Å². The summed E-state index contributed by atoms with van der Waals surface area (Å²) in [6, 6.07) is 4.33. The number of rotatable bonds is 4. The van der Waals surface area contributed by atoms with Crippen molar-refractivity contribution in [2.24, 2.45) is 5.41 Å². The number of nitrogens with one attached hydrogen (secondary N) is 1. The second kappa shape index (κ2) is 6.84. The number of halogens is 3. The number of amides is 1. The average molecular weight is 395 g/mol. The van der Waals surface area contributed by atoms with Crippen LogP contribution < -0.4 is 5.32 Å². The number of carbonyl (C=O) groups is 1. The van der Waals surface area contributed by atoms with Crippen molar-refractivity contribution in [3.05, 3.63) is 34.1 Å². The molecule has 5 heteroatoms. The molecule has 1 atom stereocenters. The fraction of sp³-hybridized carbons (Fsp3) is 0.500. The maximum Gasteiger partial charge on any atom is 0.254 e. The van der Waals surface area contributed by atoms with Crippen LogP contribution in [0.25, 0.3) is 0 Å². The van der Waals surface area contributed by atoms with E-state index in [4.69, 9.17) is 0 Å². The summed E-state index contributed by atoms with van der Waals surface area (Å²) in [6.45, 7) is 6.88. The van der Waals surface area contributed by atoms with E-state index < -0.39 is 11.7 Å². The van der Waals surface area contributed by atoms with Gasteiger partial charge in [0.25, 0.3) is 5.91 Å². The van der Waals surface area contributed by atoms with Crippen molar-refractivity contribution in [2.75, 3.05) is 6.54 Å². The van der Waals surface area contributed by atoms with Gasteiger partial charge in [-0.15, -0.1) is 0 Å². The second-order valence-electron chi connectivity index (χ2n) is 5.70. The van der Waals surface area contributed by atoms with Gasteiger partial charge in [-0.1, -0.05) is 52.6 Å². The molecule has 0 radical (unpaired) electrons. The SMILES string of the molecule is CC(C)(C)CC(Br)CNC(=O)c1cc(Br)ccc1F. The van der Waals surface area contributed by atoms with Crippen molar-refractivity contribution < 1.29 is 9.18 Å². The highest BCUT2D eigenvalue weighted by molar-refractivity contribution is 9.10. The summed E-state index contributed by atoms with van der Waals surface area (Å²) in [5, 5.41) is 2.74. The quantitative estimate of drug-likeness (QED) is 0.747. The van der Waals surface area contributed by atoms with Crippen molar-refractivity contribution in [2.45, 2.75) is 32.0 Å². The Hall–Kier alpha value is -0.420. The number of hydrogen-bond acceptors (Lipinski definition) is 1. The zero-order chi connectivity index (χ0) is 14.6. The molecule has 1 rings (SSSR count). The molecule has 0 aliphatic rings. The van der Waals surface area contributed by atoms with E-state index in [2.05, 4.69) is 57.9 Å². The monoisotopic (exact) mass is 393 g/mol. The summed E-state index contributed by atoms with van der Waals surface area (Å²) < 4.78 is 14.2. The minimum atomic E-state index is -0.511. The van der Waals surface area contributed by atoms with E-state index >= 15 is 0 Å². The van der Waals surface area contributed by atoms with Gasteiger partial charge in [-0.2, -0.15) is 0 Å². The molecule has 0 aromatic heterocycles. The van der Waals surface area contributed by atoms with Gasteiger partial charge in [-0.3, -0.25) is 4.79 Å². The minimum Gasteiger partial charge on any atom is -0.351 e. The van der Waals surface area contributed by atoms with Crippen LogP contribution in [-0.2, 0) is 0 Å². The maximum absolute atomic E-state index is 13.5. The molecule has 0 spiro atoms. The summed E-state index contributed by atoms with van der Waals surface area (Å²) in [5.74, 6) is -0.903. The van der Waals surface area contributed by atoms with Crippen LogP contribution in [0.1, 0.15) is 37.6 Å². The first-order chi connectivity index (χ1) is 8.69. The molecule has 0 bridgehead atoms. The van der Waals surface area contributed by atoms with Crippen LogP contribution in [0.2, 0.25) is 0 Å². The van der Waals surface area contributed by atoms with Crippen LogP contribution in [-0.4, -0.2) is 17.3 Å². The summed E-state index contributed by atoms with van der Waals surface area (Å²) in [4.78, 5) is 12.1. The summed E-state index contributed by atoms with van der Waals surface area (Å²) >= 11 is 6.76. The maximum atomic E-state index is 13.5. The van der Waals surface area contributed by atoms with E-state index in [1.807, 2.05) is 0 Å². The van der Waals surface area contributed by atoms with Gasteiger partial charge in [0.1, 0.15) is 5.82 Å². The molecular formula is C14H18Br2FNO. The van der Waals surface area contributed by atoms with Crippen LogP contribution in [0, 0.1) is 11.2 Å². The predicted molar refractivity (Wildman–Crippen MR) is 83.2 cm³/mol. The lowest BCUT2D eigenvalue weighted by atomic mass is 9.90. The number of alkyl halides is 1. The molecular weight excluding hydrogens is 377 g/mol. The highest BCUT2D eigenvalue weighted by Gasteiger charge is 2.18. The number of carbonyl (C=O) groups excluding carboxylic acids is 1. The van der Waals surface area contributed by atoms with Gasteiger partial charge in [0.05, 0.1) is 5.56 Å². The second-order valence-corrected chi connectivity index (χ2v) is 7.91. The molecule has 1 aromatic rings. The normalized spacial score (nSPS) is 13.2. The molecule has 0 saturated heterocycles. The Labute approximate surface area is 130 Å². The Morgan fingerprint density at radius 2 is 2.05 bits per heavy atom. The number of benzene rings is 1. The van der Waals surface area contributed by atoms with E-state index in [1.54, 1.807) is 6.07 Å². The molecule has 1 aromatic carbocycles. The molecule has 0 fully saturated rings. The van der Waals surface area contributed by atoms with Crippen LogP contribution in [0.5, 0.6) is 0 Å². The fourth-order valence-electron chi connectivity index (χ4n) is 1.71. The molecule has 19 heavy (non-hydrogen) atoms. The van der Waals surface area contributed by atoms with Gasteiger partial charge in [-0.25, -0.2) is 4.39 Å². The molecule has 1 amide bonds. The summed E-state index contributed by atoms with van der Waals surface area (Å²) in [5.41, 5.74) is 0.241. The van der Waals surface area contributed by atoms with E-state index in [-0.39, 0.29) is 15.8 Å². The minimum absolute atomic E-state index is 0.0600. The largest absolute Gasteiger partial charge is 0.351 e. The third-order valence-electron chi connectivity index (χ3n) is 2.49. The van der Waals surface area contributed by atoms with E-state index in [0.29, 0.717) is 11.0 Å². The molecule has 2 nitrogen and oxygen atoms in total. The summed E-state index contributed by atoms with van der Waals surface area (Å²) in [6.07, 6.45) is 0.925. The van der Waals surface area contributed by atoms with Gasteiger partial charge in [0, 0.05) is 15.8 Å². The first-order valence-corrected chi connectivity index (χ1v) is 7.77. The van der Waals surface area contributed by atoms with Gasteiger partial charge >= 0.3 is 0 Å². The molecule has 0 aliphatic carbocycles. The van der Waals surface area contributed by atoms with Gasteiger partial charge < -0.3 is 5.32 Å². The summed E-state index contributed by atoms with van der Waals surface area (Å²) in [7, 11) is 0. The predicted octanol–water partition coefficient (Wildman–Crippen LogP) is 4.52. The Balaban J connectivity index is 2.58. The van der Waals surface area contributed by atoms with Crippen molar-refractivity contribution in [1.29, 1.82) is 0 Å². The first-order valence-electron chi connectivity index (χ1n) is 6.06. The van der Waals surface area contributed by atoms with Crippen LogP contribution in [0.15, 0.2) is 22.7 Å². The van der Waals surface area contributed by atoms with Crippen LogP contribution in [0.4, 0.5) is 4.39 Å². The van der Waals surface area contributed by atoms with E-state index in [1.165, 1.54) is 12.1 Å². The van der Waals surface area contributed by atoms with Crippen LogP contribution >= 0.6 is 31.9 Å². The Morgan fingerprint density at radius 3 is 2.63 bits per heavy atom. The molecule has 1 unspecified atom stereocenters. The lowest BCUT2D eigenvalue weighted by Crippen LogP contribution is -2.31. The third-order valence-corrected chi connectivity index (χ3v) is 3.63. The van der Waals surface area contributed by atoms with E-state index in [0.717, 1.165) is 6.42 Å². The number of hydrogen-bond donors (Lipinski definition) is 1. The molecule has 0 aliphatic heterocycles. The van der Waals surface area contributed by atoms with Gasteiger partial charge in [0.2, 0.25) is 0 Å². The average Bonchev–Trinajstić information content (AvgIpc) is 2.27. The smallest absolute Gasteiger partial charge is 0.254 e. The van der Waals surface area contributed by atoms with E-state index in [9.17, 15) is 9.18 Å². The van der Waals surface area contributed by atoms with Gasteiger partial charge in [-0.05, 0) is 30.0 Å². The third kappa shape index (κ3) is 6.04. The van der Waals surface area contributed by atoms with Crippen molar-refractivity contribution in [3.8, 4) is 0 Å². The van der Waals surface area contributed by atoms with Crippen LogP contribution in [0.3, 0.4) is 0 Å². The highest BCUT2D eigenvalue weighted by atomic mass is 79.9. The lowest BCUT2D eigenvalue weighted by molar-refractivity contribution is 0.0948. The highest BCUT2D eigenvalue weighted by Crippen LogP contribution is 2.24. The van der Waals surface area contributed by atoms with Crippen molar-refractivity contribution >= 4 is 37.8 Å². The van der Waals surface area contributed by atoms with Crippen molar-refractivity contribution in [3.63, 3.8) is 0 Å². The molecule has 1 N–H and O–H groups in total. The fourth-order valence-corrected chi connectivity index (χ4v) is 3.20. The molecule has 0 saturated carbocycles. The lowest BCUT2D eigenvalue weighted by Gasteiger charge is -2.22. The molecule has 106 valence electrons. The Bertz CT molecular complexity index is 457. The standard InChI is InChI=1S/C14H18Br2FNO/c1-14(2,3)7-10(16)8-18-13(19)11-6-9(15)4-5-12(11)17/h4-6,10H,7-8H2,1-3H3,(H,18,19). The zero-order valence-electron chi connectivity index (χ0n) is 11.3. The zero-order valence-corrected chi connectivity index (χ0v) is 14.4. The van der Waals surface area contributed by atoms with Gasteiger partial charge in [0.15, 0.2) is 0 Å². The Morgan fingerprint density at radius 1 is 1.42 bits per heavy atom. The topological polar surface area (TPSA) is 29.1 Å². The first kappa shape index (κ1) is 16.6. The molecule has 0 heterocycles. The Kier molecular flexibility index (Phi) is 5.99.